The molecule has 2 aromatic carbocycles. The van der Waals surface area contributed by atoms with Crippen molar-refractivity contribution in [2.45, 2.75) is 64.2 Å². The van der Waals surface area contributed by atoms with E-state index in [2.05, 4.69) is 46.2 Å². The monoisotopic (exact) mass is 470 g/mol. The number of hydrogen-bond donors (Lipinski definition) is 2. The van der Waals surface area contributed by atoms with Crippen LogP contribution in [0.4, 0.5) is 0 Å². The van der Waals surface area contributed by atoms with E-state index >= 15 is 0 Å². The molecule has 3 N–H and O–H groups in total. The average molecular weight is 471 g/mol. The molecule has 0 aromatic heterocycles. The molecule has 2 aliphatic heterocycles. The third-order valence-corrected chi connectivity index (χ3v) is 7.23. The van der Waals surface area contributed by atoms with Crippen molar-refractivity contribution in [2.24, 2.45) is 15.8 Å². The summed E-state index contributed by atoms with van der Waals surface area (Å²) in [5.74, 6) is 0.781. The van der Waals surface area contributed by atoms with E-state index in [0.29, 0.717) is 24.3 Å². The maximum atomic E-state index is 12.8. The van der Waals surface area contributed by atoms with Crippen LogP contribution < -0.4 is 11.1 Å². The Morgan fingerprint density at radius 1 is 1.11 bits per heavy atom. The molecule has 2 heterocycles. The van der Waals surface area contributed by atoms with Gasteiger partial charge in [-0.1, -0.05) is 69.2 Å². The summed E-state index contributed by atoms with van der Waals surface area (Å²) in [6.07, 6.45) is 6.59. The molecule has 1 amide bonds. The summed E-state index contributed by atoms with van der Waals surface area (Å²) in [4.78, 5) is 19.3. The Morgan fingerprint density at radius 3 is 2.54 bits per heavy atom. The highest BCUT2D eigenvalue weighted by molar-refractivity contribution is 6.15. The summed E-state index contributed by atoms with van der Waals surface area (Å²) >= 11 is 0. The Bertz CT molecular complexity index is 1190. The van der Waals surface area contributed by atoms with E-state index in [1.54, 1.807) is 6.34 Å². The fraction of sp³-hybridized carbons (Fsp3) is 0.393. The number of nitrogens with zero attached hydrogens (tertiary/aromatic N) is 4. The van der Waals surface area contributed by atoms with Gasteiger partial charge in [0.25, 0.3) is 5.91 Å². The van der Waals surface area contributed by atoms with Crippen LogP contribution in [0.25, 0.3) is 0 Å². The number of hydrazone groups is 1. The van der Waals surface area contributed by atoms with Gasteiger partial charge in [-0.3, -0.25) is 9.80 Å². The third kappa shape index (κ3) is 4.43. The quantitative estimate of drug-likeness (QED) is 0.663. The maximum absolute atomic E-state index is 12.8. The van der Waals surface area contributed by atoms with Crippen molar-refractivity contribution < 1.29 is 4.79 Å². The highest BCUT2D eigenvalue weighted by Gasteiger charge is 2.42. The predicted molar refractivity (Wildman–Crippen MR) is 140 cm³/mol. The molecule has 0 spiro atoms. The molecule has 1 unspecified atom stereocenters. The molecule has 0 bridgehead atoms. The second-order valence-electron chi connectivity index (χ2n) is 9.97. The second-order valence-corrected chi connectivity index (χ2v) is 9.97. The summed E-state index contributed by atoms with van der Waals surface area (Å²) in [5, 5.41) is 10.4. The van der Waals surface area contributed by atoms with Crippen LogP contribution in [0, 0.1) is 0 Å². The van der Waals surface area contributed by atoms with Crippen molar-refractivity contribution in [1.82, 2.24) is 15.2 Å². The fourth-order valence-electron chi connectivity index (χ4n) is 5.34. The lowest BCUT2D eigenvalue weighted by molar-refractivity contribution is 0.0949. The third-order valence-electron chi connectivity index (χ3n) is 7.23. The van der Waals surface area contributed by atoms with Gasteiger partial charge >= 0.3 is 0 Å². The van der Waals surface area contributed by atoms with Crippen molar-refractivity contribution >= 4 is 18.0 Å². The molecule has 7 heteroatoms. The summed E-state index contributed by atoms with van der Waals surface area (Å²) in [6.45, 7) is 4.67. The zero-order chi connectivity index (χ0) is 24.5. The fourth-order valence-corrected chi connectivity index (χ4v) is 5.34. The minimum absolute atomic E-state index is 0.00871. The number of fused-ring (bicyclic) bond motifs is 1. The number of hydrogen-bond acceptors (Lipinski definition) is 6. The molecule has 5 rings (SSSR count). The van der Waals surface area contributed by atoms with Crippen LogP contribution in [0.15, 0.2) is 70.0 Å². The number of likely N-dealkylation sites (N-methyl/N-ethyl adjacent to an activating group) is 1. The van der Waals surface area contributed by atoms with E-state index in [4.69, 9.17) is 10.8 Å². The second kappa shape index (κ2) is 9.56. The number of nitrogens with one attached hydrogen (secondary N) is 1. The first-order valence-corrected chi connectivity index (χ1v) is 12.5. The molecule has 1 saturated carbocycles. The maximum Gasteiger partial charge on any atom is 0.251 e. The van der Waals surface area contributed by atoms with Crippen LogP contribution >= 0.6 is 0 Å². The number of carbonyl (C=O) groups excluding carboxylic acids is 1. The Hall–Kier alpha value is -3.61. The largest absolute Gasteiger partial charge is 0.383 e. The van der Waals surface area contributed by atoms with E-state index in [1.165, 1.54) is 12.8 Å². The molecule has 1 fully saturated rings. The van der Waals surface area contributed by atoms with Crippen LogP contribution in [0.2, 0.25) is 0 Å². The molecule has 0 radical (unpaired) electrons. The van der Waals surface area contributed by atoms with Gasteiger partial charge in [0.2, 0.25) is 0 Å². The van der Waals surface area contributed by atoms with Gasteiger partial charge in [0, 0.05) is 30.8 Å². The number of amides is 1. The van der Waals surface area contributed by atoms with Crippen LogP contribution in [0.1, 0.15) is 72.5 Å². The zero-order valence-corrected chi connectivity index (χ0v) is 20.7. The Labute approximate surface area is 207 Å². The topological polar surface area (TPSA) is 86.3 Å². The van der Waals surface area contributed by atoms with Crippen molar-refractivity contribution in [3.63, 3.8) is 0 Å². The van der Waals surface area contributed by atoms with Gasteiger partial charge in [-0.2, -0.15) is 5.10 Å². The highest BCUT2D eigenvalue weighted by Crippen LogP contribution is 2.36. The number of aliphatic imine (C=N–C) groups is 1. The van der Waals surface area contributed by atoms with Gasteiger partial charge in [0.05, 0.1) is 11.9 Å². The van der Waals surface area contributed by atoms with Gasteiger partial charge in [-0.05, 0) is 36.0 Å². The SMILES string of the molecule is CC(C)c1ccccc1C(=O)NCc1ccc(C2=NN(C3CCCC3)C3C2=C(N)N=CN3C)cc1. The van der Waals surface area contributed by atoms with Gasteiger partial charge in [-0.15, -0.1) is 0 Å². The Kier molecular flexibility index (Phi) is 6.32. The number of carbonyl (C=O) groups is 1. The molecule has 1 atom stereocenters. The minimum Gasteiger partial charge on any atom is -0.383 e. The van der Waals surface area contributed by atoms with Crippen LogP contribution in [-0.2, 0) is 6.54 Å². The predicted octanol–water partition coefficient (Wildman–Crippen LogP) is 4.17. The van der Waals surface area contributed by atoms with E-state index in [0.717, 1.165) is 46.4 Å². The number of benzene rings is 2. The van der Waals surface area contributed by atoms with E-state index in [1.807, 2.05) is 43.4 Å². The van der Waals surface area contributed by atoms with E-state index in [-0.39, 0.29) is 12.1 Å². The molecule has 7 nitrogen and oxygen atoms in total. The number of nitrogens with two attached hydrogens (primary N) is 1. The molecule has 1 aliphatic carbocycles. The van der Waals surface area contributed by atoms with E-state index < -0.39 is 0 Å². The molecule has 35 heavy (non-hydrogen) atoms. The van der Waals surface area contributed by atoms with Crippen molar-refractivity contribution in [3.05, 3.63) is 82.2 Å². The molecule has 3 aliphatic rings. The standard InChI is InChI=1S/C28H34N6O/c1-18(2)22-10-6-7-11-23(22)27(35)30-16-19-12-14-20(15-13-19)25-24-26(29)31-17-33(3)28(24)34(32-25)21-8-4-5-9-21/h6-7,10-15,17-18,21,28H,4-5,8-9,16,29H2,1-3H3,(H,30,35). The van der Waals surface area contributed by atoms with Crippen LogP contribution in [-0.4, -0.2) is 47.1 Å². The Balaban J connectivity index is 1.34. The molecule has 2 aromatic rings. The smallest absolute Gasteiger partial charge is 0.251 e. The van der Waals surface area contributed by atoms with Crippen molar-refractivity contribution in [1.29, 1.82) is 0 Å². The van der Waals surface area contributed by atoms with Crippen LogP contribution in [0.3, 0.4) is 0 Å². The molecule has 0 saturated heterocycles. The first kappa shape index (κ1) is 23.1. The molecular weight excluding hydrogens is 436 g/mol. The van der Waals surface area contributed by atoms with E-state index in [9.17, 15) is 4.79 Å². The summed E-state index contributed by atoms with van der Waals surface area (Å²) in [7, 11) is 2.03. The van der Waals surface area contributed by atoms with Gasteiger partial charge < -0.3 is 16.0 Å². The summed E-state index contributed by atoms with van der Waals surface area (Å²) in [6, 6.07) is 16.5. The number of rotatable bonds is 6. The summed E-state index contributed by atoms with van der Waals surface area (Å²) < 4.78 is 0. The van der Waals surface area contributed by atoms with Crippen molar-refractivity contribution in [3.8, 4) is 0 Å². The molecule has 182 valence electrons. The first-order chi connectivity index (χ1) is 16.9. The van der Waals surface area contributed by atoms with Crippen molar-refractivity contribution in [2.75, 3.05) is 7.05 Å². The molecular formula is C28H34N6O. The lowest BCUT2D eigenvalue weighted by Gasteiger charge is -2.36. The normalized spacial score (nSPS) is 20.0. The average Bonchev–Trinajstić information content (AvgIpc) is 3.54. The highest BCUT2D eigenvalue weighted by atomic mass is 16.1. The van der Waals surface area contributed by atoms with Gasteiger partial charge in [0.1, 0.15) is 11.5 Å². The first-order valence-electron chi connectivity index (χ1n) is 12.5. The lowest BCUT2D eigenvalue weighted by atomic mass is 9.96. The lowest BCUT2D eigenvalue weighted by Crippen LogP contribution is -2.48. The van der Waals surface area contributed by atoms with Gasteiger partial charge in [-0.25, -0.2) is 4.99 Å². The zero-order valence-electron chi connectivity index (χ0n) is 20.7. The van der Waals surface area contributed by atoms with Gasteiger partial charge in [0.15, 0.2) is 6.17 Å². The minimum atomic E-state index is -0.0466. The summed E-state index contributed by atoms with van der Waals surface area (Å²) in [5.41, 5.74) is 12.1. The van der Waals surface area contributed by atoms with Crippen LogP contribution in [0.5, 0.6) is 0 Å². The Morgan fingerprint density at radius 2 is 1.83 bits per heavy atom.